The van der Waals surface area contributed by atoms with E-state index < -0.39 is 28.7 Å². The Labute approximate surface area is 130 Å². The van der Waals surface area contributed by atoms with E-state index in [9.17, 15) is 23.5 Å². The Morgan fingerprint density at radius 1 is 1.17 bits per heavy atom. The van der Waals surface area contributed by atoms with E-state index >= 15 is 0 Å². The number of benzene rings is 1. The molecule has 0 spiro atoms. The zero-order chi connectivity index (χ0) is 16.6. The van der Waals surface area contributed by atoms with Gasteiger partial charge < -0.3 is 15.4 Å². The van der Waals surface area contributed by atoms with Gasteiger partial charge in [0.25, 0.3) is 11.5 Å². The molecular formula is C16H14F2N2O3. The first kappa shape index (κ1) is 15.2. The molecule has 1 heterocycles. The fraction of sp³-hybridized carbons (Fsp3) is 0.250. The van der Waals surface area contributed by atoms with Gasteiger partial charge in [-0.1, -0.05) is 0 Å². The molecular weight excluding hydrogens is 306 g/mol. The highest BCUT2D eigenvalue weighted by molar-refractivity contribution is 6.06. The van der Waals surface area contributed by atoms with E-state index in [4.69, 9.17) is 0 Å². The van der Waals surface area contributed by atoms with E-state index in [0.29, 0.717) is 24.1 Å². The highest BCUT2D eigenvalue weighted by atomic mass is 19.2. The van der Waals surface area contributed by atoms with Gasteiger partial charge in [-0.05, 0) is 37.8 Å². The zero-order valence-electron chi connectivity index (χ0n) is 12.1. The number of hydrogen-bond acceptors (Lipinski definition) is 3. The number of pyridine rings is 1. The van der Waals surface area contributed by atoms with Crippen molar-refractivity contribution in [3.63, 3.8) is 0 Å². The third kappa shape index (κ3) is 2.81. The van der Waals surface area contributed by atoms with Crippen molar-refractivity contribution < 1.29 is 18.7 Å². The second-order valence-electron chi connectivity index (χ2n) is 5.42. The molecule has 23 heavy (non-hydrogen) atoms. The predicted octanol–water partition coefficient (Wildman–Crippen LogP) is 2.49. The topological polar surface area (TPSA) is 82.2 Å². The number of rotatable bonds is 2. The number of carbonyl (C=O) groups excluding carboxylic acids is 1. The molecule has 0 saturated carbocycles. The molecule has 5 nitrogen and oxygen atoms in total. The van der Waals surface area contributed by atoms with Crippen molar-refractivity contribution in [2.45, 2.75) is 25.7 Å². The van der Waals surface area contributed by atoms with Gasteiger partial charge >= 0.3 is 0 Å². The van der Waals surface area contributed by atoms with E-state index in [1.54, 1.807) is 0 Å². The SMILES string of the molecule is O=C(Nc1ccc(F)c(F)c1)c1c(O)c2c([nH]c1=O)CCCC2. The number of hydrogen-bond donors (Lipinski definition) is 3. The first-order valence-corrected chi connectivity index (χ1v) is 7.20. The number of aromatic nitrogens is 1. The number of fused-ring (bicyclic) bond motifs is 1. The van der Waals surface area contributed by atoms with Crippen LogP contribution in [0, 0.1) is 11.6 Å². The molecule has 3 rings (SSSR count). The molecule has 3 N–H and O–H groups in total. The minimum Gasteiger partial charge on any atom is -0.507 e. The van der Waals surface area contributed by atoms with Crippen molar-refractivity contribution in [2.75, 3.05) is 5.32 Å². The molecule has 0 fully saturated rings. The van der Waals surface area contributed by atoms with Crippen LogP contribution in [0.15, 0.2) is 23.0 Å². The van der Waals surface area contributed by atoms with Crippen molar-refractivity contribution >= 4 is 11.6 Å². The van der Waals surface area contributed by atoms with E-state index in [-0.39, 0.29) is 11.4 Å². The minimum atomic E-state index is -1.12. The molecule has 0 unspecified atom stereocenters. The van der Waals surface area contributed by atoms with Crippen LogP contribution in [-0.2, 0) is 12.8 Å². The quantitative estimate of drug-likeness (QED) is 0.795. The Morgan fingerprint density at radius 3 is 2.65 bits per heavy atom. The lowest BCUT2D eigenvalue weighted by atomic mass is 9.93. The summed E-state index contributed by atoms with van der Waals surface area (Å²) >= 11 is 0. The summed E-state index contributed by atoms with van der Waals surface area (Å²) in [5.74, 6) is -3.38. The Bertz CT molecular complexity index is 846. The fourth-order valence-electron chi connectivity index (χ4n) is 2.74. The second-order valence-corrected chi connectivity index (χ2v) is 5.42. The van der Waals surface area contributed by atoms with Gasteiger partial charge in [-0.3, -0.25) is 9.59 Å². The molecule has 1 aromatic heterocycles. The first-order chi connectivity index (χ1) is 11.0. The minimum absolute atomic E-state index is 0.00887. The Balaban J connectivity index is 1.96. The molecule has 7 heteroatoms. The maximum absolute atomic E-state index is 13.2. The van der Waals surface area contributed by atoms with Crippen LogP contribution in [0.4, 0.5) is 14.5 Å². The van der Waals surface area contributed by atoms with E-state index in [0.717, 1.165) is 25.0 Å². The molecule has 0 radical (unpaired) electrons. The lowest BCUT2D eigenvalue weighted by molar-refractivity contribution is 0.102. The van der Waals surface area contributed by atoms with Crippen molar-refractivity contribution in [3.05, 3.63) is 57.0 Å². The predicted molar refractivity (Wildman–Crippen MR) is 79.7 cm³/mol. The molecule has 120 valence electrons. The summed E-state index contributed by atoms with van der Waals surface area (Å²) in [6.45, 7) is 0. The Kier molecular flexibility index (Phi) is 3.85. The van der Waals surface area contributed by atoms with Gasteiger partial charge in [0, 0.05) is 23.0 Å². The lowest BCUT2D eigenvalue weighted by Gasteiger charge is -2.18. The molecule has 1 amide bonds. The van der Waals surface area contributed by atoms with Gasteiger partial charge in [0.1, 0.15) is 11.3 Å². The van der Waals surface area contributed by atoms with Gasteiger partial charge in [-0.15, -0.1) is 0 Å². The Hall–Kier alpha value is -2.70. The molecule has 1 aromatic carbocycles. The highest BCUT2D eigenvalue weighted by Crippen LogP contribution is 2.29. The van der Waals surface area contributed by atoms with Crippen molar-refractivity contribution in [1.82, 2.24) is 4.98 Å². The summed E-state index contributed by atoms with van der Waals surface area (Å²) in [5, 5.41) is 12.5. The van der Waals surface area contributed by atoms with E-state index in [1.165, 1.54) is 6.07 Å². The first-order valence-electron chi connectivity index (χ1n) is 7.20. The summed E-state index contributed by atoms with van der Waals surface area (Å²) in [4.78, 5) is 26.9. The molecule has 0 bridgehead atoms. The number of aryl methyl sites for hydroxylation is 1. The van der Waals surface area contributed by atoms with Crippen LogP contribution in [0.3, 0.4) is 0 Å². The number of halogens is 2. The number of amides is 1. The number of H-pyrrole nitrogens is 1. The number of aromatic hydroxyl groups is 1. The van der Waals surface area contributed by atoms with Crippen LogP contribution in [0.25, 0.3) is 0 Å². The summed E-state index contributed by atoms with van der Waals surface area (Å²) in [7, 11) is 0. The maximum atomic E-state index is 13.2. The average Bonchev–Trinajstić information content (AvgIpc) is 2.51. The molecule has 0 atom stereocenters. The second kappa shape index (κ2) is 5.83. The van der Waals surface area contributed by atoms with Gasteiger partial charge in [0.05, 0.1) is 0 Å². The van der Waals surface area contributed by atoms with Crippen molar-refractivity contribution in [2.24, 2.45) is 0 Å². The lowest BCUT2D eigenvalue weighted by Crippen LogP contribution is -2.26. The number of anilines is 1. The normalized spacial score (nSPS) is 13.5. The van der Waals surface area contributed by atoms with Crippen LogP contribution in [0.5, 0.6) is 5.75 Å². The monoisotopic (exact) mass is 320 g/mol. The molecule has 2 aromatic rings. The molecule has 0 aliphatic heterocycles. The van der Waals surface area contributed by atoms with Gasteiger partial charge in [-0.2, -0.15) is 0 Å². The van der Waals surface area contributed by atoms with Gasteiger partial charge in [0.15, 0.2) is 11.6 Å². The third-order valence-electron chi connectivity index (χ3n) is 3.89. The standard InChI is InChI=1S/C16H14F2N2O3/c17-10-6-5-8(7-11(10)18)19-15(22)13-14(21)9-3-1-2-4-12(9)20-16(13)23/h5-7H,1-4H2,(H,19,22)(H2,20,21,23). The van der Waals surface area contributed by atoms with Crippen molar-refractivity contribution in [3.8, 4) is 5.75 Å². The van der Waals surface area contributed by atoms with Crippen LogP contribution in [-0.4, -0.2) is 16.0 Å². The summed E-state index contributed by atoms with van der Waals surface area (Å²) < 4.78 is 26.1. The summed E-state index contributed by atoms with van der Waals surface area (Å²) in [6.07, 6.45) is 2.98. The zero-order valence-corrected chi connectivity index (χ0v) is 12.1. The Morgan fingerprint density at radius 2 is 1.91 bits per heavy atom. The molecule has 1 aliphatic rings. The van der Waals surface area contributed by atoms with Crippen LogP contribution in [0.1, 0.15) is 34.5 Å². The third-order valence-corrected chi connectivity index (χ3v) is 3.89. The summed E-state index contributed by atoms with van der Waals surface area (Å²) in [6, 6.07) is 2.83. The van der Waals surface area contributed by atoms with E-state index in [1.807, 2.05) is 0 Å². The van der Waals surface area contributed by atoms with Crippen LogP contribution < -0.4 is 10.9 Å². The van der Waals surface area contributed by atoms with Gasteiger partial charge in [0.2, 0.25) is 0 Å². The van der Waals surface area contributed by atoms with Crippen LogP contribution >= 0.6 is 0 Å². The number of aromatic amines is 1. The molecule has 0 saturated heterocycles. The van der Waals surface area contributed by atoms with Crippen LogP contribution in [0.2, 0.25) is 0 Å². The molecule has 1 aliphatic carbocycles. The highest BCUT2D eigenvalue weighted by Gasteiger charge is 2.24. The van der Waals surface area contributed by atoms with Gasteiger partial charge in [-0.25, -0.2) is 8.78 Å². The largest absolute Gasteiger partial charge is 0.507 e. The summed E-state index contributed by atoms with van der Waals surface area (Å²) in [5.41, 5.74) is 0.0680. The fourth-order valence-corrected chi connectivity index (χ4v) is 2.74. The number of carbonyl (C=O) groups is 1. The smallest absolute Gasteiger partial charge is 0.265 e. The van der Waals surface area contributed by atoms with E-state index in [2.05, 4.69) is 10.3 Å². The number of nitrogens with one attached hydrogen (secondary N) is 2. The average molecular weight is 320 g/mol. The van der Waals surface area contributed by atoms with Crippen molar-refractivity contribution in [1.29, 1.82) is 0 Å². The maximum Gasteiger partial charge on any atom is 0.265 e.